The molecule has 0 unspecified atom stereocenters. The normalized spacial score (nSPS) is 16.4. The highest BCUT2D eigenvalue weighted by Crippen LogP contribution is 2.26. The number of nitrogens with one attached hydrogen (secondary N) is 2. The Morgan fingerprint density at radius 3 is 2.80 bits per heavy atom. The number of hydrogen-bond donors (Lipinski definition) is 2. The average molecular weight is 278 g/mol. The zero-order chi connectivity index (χ0) is 14.6. The van der Waals surface area contributed by atoms with Crippen molar-refractivity contribution < 1.29 is 14.3 Å². The molecule has 2 N–H and O–H groups in total. The molecule has 1 aromatic rings. The van der Waals surface area contributed by atoms with Gasteiger partial charge in [0.1, 0.15) is 12.4 Å². The van der Waals surface area contributed by atoms with Crippen molar-refractivity contribution in [1.82, 2.24) is 5.32 Å². The van der Waals surface area contributed by atoms with Crippen molar-refractivity contribution in [2.75, 3.05) is 31.6 Å². The van der Waals surface area contributed by atoms with E-state index in [1.54, 1.807) is 0 Å². The summed E-state index contributed by atoms with van der Waals surface area (Å²) in [6.45, 7) is 8.09. The van der Waals surface area contributed by atoms with Gasteiger partial charge in [0.2, 0.25) is 0 Å². The van der Waals surface area contributed by atoms with Crippen LogP contribution in [-0.4, -0.2) is 37.8 Å². The van der Waals surface area contributed by atoms with Gasteiger partial charge in [-0.05, 0) is 38.5 Å². The van der Waals surface area contributed by atoms with Crippen molar-refractivity contribution in [1.29, 1.82) is 0 Å². The number of carbonyl (C=O) groups is 1. The molecule has 2 rings (SSSR count). The van der Waals surface area contributed by atoms with Crippen LogP contribution in [0.15, 0.2) is 18.2 Å². The first-order valence-electron chi connectivity index (χ1n) is 6.90. The Bertz CT molecular complexity index is 484. The van der Waals surface area contributed by atoms with E-state index in [0.717, 1.165) is 18.7 Å². The molecule has 110 valence electrons. The van der Waals surface area contributed by atoms with Gasteiger partial charge >= 0.3 is 0 Å². The lowest BCUT2D eigenvalue weighted by Gasteiger charge is -2.38. The van der Waals surface area contributed by atoms with Gasteiger partial charge in [0.25, 0.3) is 5.91 Å². The number of carbonyl (C=O) groups excluding carboxylic acids is 1. The first-order chi connectivity index (χ1) is 9.52. The summed E-state index contributed by atoms with van der Waals surface area (Å²) in [6.07, 6.45) is 0. The molecule has 1 heterocycles. The van der Waals surface area contributed by atoms with E-state index in [1.807, 2.05) is 39.0 Å². The SMILES string of the molecule is CCOc1cc(C)ccc1NC(=O)COC1(C)CNC1. The zero-order valence-electron chi connectivity index (χ0n) is 12.3. The molecule has 1 fully saturated rings. The van der Waals surface area contributed by atoms with E-state index in [9.17, 15) is 4.79 Å². The lowest BCUT2D eigenvalue weighted by molar-refractivity contribution is -0.130. The van der Waals surface area contributed by atoms with Gasteiger partial charge in [-0.2, -0.15) is 0 Å². The van der Waals surface area contributed by atoms with Gasteiger partial charge < -0.3 is 20.1 Å². The van der Waals surface area contributed by atoms with E-state index in [2.05, 4.69) is 10.6 Å². The molecular weight excluding hydrogens is 256 g/mol. The molecule has 0 aromatic heterocycles. The summed E-state index contributed by atoms with van der Waals surface area (Å²) in [5, 5.41) is 5.96. The number of benzene rings is 1. The molecule has 0 aliphatic carbocycles. The van der Waals surface area contributed by atoms with Crippen molar-refractivity contribution in [2.45, 2.75) is 26.4 Å². The summed E-state index contributed by atoms with van der Waals surface area (Å²) in [6, 6.07) is 5.71. The van der Waals surface area contributed by atoms with Crippen LogP contribution in [0.3, 0.4) is 0 Å². The Balaban J connectivity index is 1.93. The number of hydrogen-bond acceptors (Lipinski definition) is 4. The van der Waals surface area contributed by atoms with Gasteiger partial charge in [-0.1, -0.05) is 6.07 Å². The minimum atomic E-state index is -0.215. The molecule has 5 heteroatoms. The van der Waals surface area contributed by atoms with Crippen LogP contribution in [0.5, 0.6) is 5.75 Å². The molecule has 0 bridgehead atoms. The number of anilines is 1. The van der Waals surface area contributed by atoms with E-state index in [4.69, 9.17) is 9.47 Å². The highest BCUT2D eigenvalue weighted by molar-refractivity contribution is 5.93. The highest BCUT2D eigenvalue weighted by atomic mass is 16.5. The molecular formula is C15H22N2O3. The predicted molar refractivity (Wildman–Crippen MR) is 78.2 cm³/mol. The molecule has 0 radical (unpaired) electrons. The van der Waals surface area contributed by atoms with Crippen molar-refractivity contribution in [3.8, 4) is 5.75 Å². The van der Waals surface area contributed by atoms with Crippen molar-refractivity contribution in [2.24, 2.45) is 0 Å². The fourth-order valence-electron chi connectivity index (χ4n) is 2.01. The molecule has 5 nitrogen and oxygen atoms in total. The molecule has 1 amide bonds. The summed E-state index contributed by atoms with van der Waals surface area (Å²) in [7, 11) is 0. The molecule has 0 saturated carbocycles. The van der Waals surface area contributed by atoms with Crippen molar-refractivity contribution in [3.63, 3.8) is 0 Å². The average Bonchev–Trinajstić information content (AvgIpc) is 2.38. The van der Waals surface area contributed by atoms with Gasteiger partial charge in [-0.3, -0.25) is 4.79 Å². The van der Waals surface area contributed by atoms with Crippen molar-refractivity contribution >= 4 is 11.6 Å². The van der Waals surface area contributed by atoms with Gasteiger partial charge in [0, 0.05) is 13.1 Å². The maximum absolute atomic E-state index is 11.9. The summed E-state index contributed by atoms with van der Waals surface area (Å²) in [5.41, 5.74) is 1.56. The molecule has 0 spiro atoms. The third kappa shape index (κ3) is 3.71. The van der Waals surface area contributed by atoms with E-state index >= 15 is 0 Å². The fourth-order valence-corrected chi connectivity index (χ4v) is 2.01. The Morgan fingerprint density at radius 2 is 2.20 bits per heavy atom. The van der Waals surface area contributed by atoms with Gasteiger partial charge in [0.15, 0.2) is 0 Å². The lowest BCUT2D eigenvalue weighted by Crippen LogP contribution is -2.59. The maximum Gasteiger partial charge on any atom is 0.250 e. The molecule has 1 aliphatic heterocycles. The van der Waals surface area contributed by atoms with Crippen LogP contribution in [0, 0.1) is 6.92 Å². The standard InChI is InChI=1S/C15H22N2O3/c1-4-19-13-7-11(2)5-6-12(13)17-14(18)8-20-15(3)9-16-10-15/h5-7,16H,4,8-10H2,1-3H3,(H,17,18). The minimum absolute atomic E-state index is 0.0532. The molecule has 1 saturated heterocycles. The Labute approximate surface area is 119 Å². The topological polar surface area (TPSA) is 59.6 Å². The number of rotatable bonds is 6. The van der Waals surface area contributed by atoms with E-state index in [1.165, 1.54) is 0 Å². The van der Waals surface area contributed by atoms with Crippen molar-refractivity contribution in [3.05, 3.63) is 23.8 Å². The first kappa shape index (κ1) is 14.8. The lowest BCUT2D eigenvalue weighted by atomic mass is 10.0. The maximum atomic E-state index is 11.9. The summed E-state index contributed by atoms with van der Waals surface area (Å²) >= 11 is 0. The smallest absolute Gasteiger partial charge is 0.250 e. The quantitative estimate of drug-likeness (QED) is 0.831. The second kappa shape index (κ2) is 6.24. The molecule has 1 aliphatic rings. The minimum Gasteiger partial charge on any atom is -0.492 e. The van der Waals surface area contributed by atoms with Crippen LogP contribution in [0.25, 0.3) is 0 Å². The Kier molecular flexibility index (Phi) is 4.62. The first-order valence-corrected chi connectivity index (χ1v) is 6.90. The second-order valence-electron chi connectivity index (χ2n) is 5.32. The van der Waals surface area contributed by atoms with Crippen LogP contribution >= 0.6 is 0 Å². The largest absolute Gasteiger partial charge is 0.492 e. The molecule has 0 atom stereocenters. The number of aryl methyl sites for hydroxylation is 1. The number of ether oxygens (including phenoxy) is 2. The Hall–Kier alpha value is -1.59. The zero-order valence-corrected chi connectivity index (χ0v) is 12.3. The van der Waals surface area contributed by atoms with Crippen LogP contribution in [0.1, 0.15) is 19.4 Å². The summed E-state index contributed by atoms with van der Waals surface area (Å²) in [4.78, 5) is 11.9. The predicted octanol–water partition coefficient (Wildman–Crippen LogP) is 1.71. The van der Waals surface area contributed by atoms with E-state index < -0.39 is 0 Å². The van der Waals surface area contributed by atoms with Crippen LogP contribution < -0.4 is 15.4 Å². The van der Waals surface area contributed by atoms with Crippen LogP contribution in [0.2, 0.25) is 0 Å². The highest BCUT2D eigenvalue weighted by Gasteiger charge is 2.33. The van der Waals surface area contributed by atoms with E-state index in [0.29, 0.717) is 18.0 Å². The van der Waals surface area contributed by atoms with Crippen LogP contribution in [-0.2, 0) is 9.53 Å². The molecule has 20 heavy (non-hydrogen) atoms. The fraction of sp³-hybridized carbons (Fsp3) is 0.533. The summed E-state index contributed by atoms with van der Waals surface area (Å²) in [5.74, 6) is 0.528. The Morgan fingerprint density at radius 1 is 1.45 bits per heavy atom. The number of amides is 1. The van der Waals surface area contributed by atoms with Gasteiger partial charge in [0.05, 0.1) is 17.9 Å². The van der Waals surface area contributed by atoms with Gasteiger partial charge in [-0.25, -0.2) is 0 Å². The monoisotopic (exact) mass is 278 g/mol. The van der Waals surface area contributed by atoms with Crippen LogP contribution in [0.4, 0.5) is 5.69 Å². The van der Waals surface area contributed by atoms with E-state index in [-0.39, 0.29) is 18.1 Å². The third-order valence-corrected chi connectivity index (χ3v) is 3.26. The van der Waals surface area contributed by atoms with Gasteiger partial charge in [-0.15, -0.1) is 0 Å². The second-order valence-corrected chi connectivity index (χ2v) is 5.32. The third-order valence-electron chi connectivity index (χ3n) is 3.26. The summed E-state index contributed by atoms with van der Waals surface area (Å²) < 4.78 is 11.1. The molecule has 1 aromatic carbocycles.